The molecule has 10 rings (SSSR count). The fourth-order valence-electron chi connectivity index (χ4n) is 6.94. The topological polar surface area (TPSA) is 65.0 Å². The van der Waals surface area contributed by atoms with Gasteiger partial charge in [0.1, 0.15) is 22.3 Å². The van der Waals surface area contributed by atoms with Gasteiger partial charge >= 0.3 is 0 Å². The Kier molecular flexibility index (Phi) is 6.42. The Morgan fingerprint density at radius 1 is 0.320 bits per heavy atom. The summed E-state index contributed by atoms with van der Waals surface area (Å²) in [6, 6.07) is 55.7. The van der Waals surface area contributed by atoms with Crippen LogP contribution >= 0.6 is 0 Å². The zero-order valence-electron chi connectivity index (χ0n) is 26.7. The summed E-state index contributed by atoms with van der Waals surface area (Å²) in [5, 5.41) is 4.25. The van der Waals surface area contributed by atoms with Crippen LogP contribution in [0.25, 0.3) is 100 Å². The van der Waals surface area contributed by atoms with Crippen LogP contribution < -0.4 is 0 Å². The van der Waals surface area contributed by atoms with Crippen molar-refractivity contribution in [3.05, 3.63) is 164 Å². The van der Waals surface area contributed by atoms with Gasteiger partial charge in [0.2, 0.25) is 0 Å². The Morgan fingerprint density at radius 2 is 0.860 bits per heavy atom. The molecule has 0 saturated carbocycles. The zero-order chi connectivity index (χ0) is 33.0. The van der Waals surface area contributed by atoms with E-state index in [0.29, 0.717) is 17.5 Å². The molecule has 0 radical (unpaired) electrons. The lowest BCUT2D eigenvalue weighted by atomic mass is 9.97. The molecule has 0 unspecified atom stereocenters. The number of furan rings is 2. The summed E-state index contributed by atoms with van der Waals surface area (Å²) in [7, 11) is 0. The van der Waals surface area contributed by atoms with E-state index in [1.165, 1.54) is 0 Å². The number of rotatable bonds is 5. The number of aromatic nitrogens is 3. The maximum Gasteiger partial charge on any atom is 0.167 e. The maximum absolute atomic E-state index is 6.67. The lowest BCUT2D eigenvalue weighted by Crippen LogP contribution is -2.00. The second kappa shape index (κ2) is 11.4. The Balaban J connectivity index is 1.14. The lowest BCUT2D eigenvalue weighted by molar-refractivity contribution is 0.668. The van der Waals surface area contributed by atoms with Gasteiger partial charge in [-0.25, -0.2) is 15.0 Å². The van der Waals surface area contributed by atoms with Crippen LogP contribution in [0.3, 0.4) is 0 Å². The van der Waals surface area contributed by atoms with E-state index in [9.17, 15) is 0 Å². The van der Waals surface area contributed by atoms with Crippen molar-refractivity contribution < 1.29 is 8.83 Å². The highest BCUT2D eigenvalue weighted by atomic mass is 16.3. The second-order valence-electron chi connectivity index (χ2n) is 12.4. The maximum atomic E-state index is 6.67. The van der Waals surface area contributed by atoms with Crippen LogP contribution in [0.2, 0.25) is 0 Å². The number of hydrogen-bond acceptors (Lipinski definition) is 5. The van der Waals surface area contributed by atoms with Crippen molar-refractivity contribution in [3.8, 4) is 56.4 Å². The number of fused-ring (bicyclic) bond motifs is 6. The Labute approximate surface area is 287 Å². The van der Waals surface area contributed by atoms with E-state index < -0.39 is 0 Å². The predicted octanol–water partition coefficient (Wildman–Crippen LogP) is 12.0. The molecule has 0 aliphatic carbocycles. The van der Waals surface area contributed by atoms with E-state index in [0.717, 1.165) is 82.8 Å². The Hall–Kier alpha value is -6.85. The first-order valence-electron chi connectivity index (χ1n) is 16.6. The molecule has 0 spiro atoms. The van der Waals surface area contributed by atoms with Gasteiger partial charge in [-0.1, -0.05) is 133 Å². The lowest BCUT2D eigenvalue weighted by Gasteiger charge is -2.09. The molecule has 0 aliphatic heterocycles. The van der Waals surface area contributed by atoms with Crippen molar-refractivity contribution in [1.82, 2.24) is 15.0 Å². The Morgan fingerprint density at radius 3 is 1.66 bits per heavy atom. The van der Waals surface area contributed by atoms with E-state index in [2.05, 4.69) is 84.9 Å². The zero-order valence-corrected chi connectivity index (χ0v) is 26.7. The molecule has 3 aromatic heterocycles. The molecule has 0 amide bonds. The average Bonchev–Trinajstić information content (AvgIpc) is 3.77. The van der Waals surface area contributed by atoms with E-state index in [1.54, 1.807) is 0 Å². The molecule has 10 aromatic rings. The molecule has 0 saturated heterocycles. The van der Waals surface area contributed by atoms with Crippen LogP contribution in [-0.4, -0.2) is 15.0 Å². The first kappa shape index (κ1) is 28.2. The van der Waals surface area contributed by atoms with Gasteiger partial charge in [0.25, 0.3) is 0 Å². The molecule has 0 N–H and O–H groups in total. The fourth-order valence-corrected chi connectivity index (χ4v) is 6.94. The molecule has 0 aliphatic rings. The van der Waals surface area contributed by atoms with Crippen LogP contribution in [0.15, 0.2) is 173 Å². The highest BCUT2D eigenvalue weighted by Gasteiger charge is 2.20. The third kappa shape index (κ3) is 4.67. The quantitative estimate of drug-likeness (QED) is 0.187. The van der Waals surface area contributed by atoms with Crippen molar-refractivity contribution in [1.29, 1.82) is 0 Å². The number of nitrogens with zero attached hydrogens (tertiary/aromatic N) is 3. The first-order chi connectivity index (χ1) is 24.8. The number of para-hydroxylation sites is 2. The third-order valence-electron chi connectivity index (χ3n) is 9.37. The van der Waals surface area contributed by atoms with Crippen molar-refractivity contribution in [2.75, 3.05) is 0 Å². The van der Waals surface area contributed by atoms with Gasteiger partial charge in [-0.15, -0.1) is 0 Å². The molecule has 0 atom stereocenters. The molecule has 7 aromatic carbocycles. The molecular formula is C45H27N3O2. The van der Waals surface area contributed by atoms with E-state index >= 15 is 0 Å². The van der Waals surface area contributed by atoms with Crippen LogP contribution in [0.1, 0.15) is 0 Å². The number of benzene rings is 7. The van der Waals surface area contributed by atoms with Crippen LogP contribution in [0.5, 0.6) is 0 Å². The Bertz CT molecular complexity index is 2850. The van der Waals surface area contributed by atoms with Crippen LogP contribution in [0.4, 0.5) is 0 Å². The molecule has 0 bridgehead atoms. The van der Waals surface area contributed by atoms with Crippen molar-refractivity contribution in [2.45, 2.75) is 0 Å². The summed E-state index contributed by atoms with van der Waals surface area (Å²) in [4.78, 5) is 15.0. The van der Waals surface area contributed by atoms with Crippen LogP contribution in [-0.2, 0) is 0 Å². The van der Waals surface area contributed by atoms with Gasteiger partial charge in [0.15, 0.2) is 17.5 Å². The summed E-state index contributed by atoms with van der Waals surface area (Å²) in [5.41, 5.74) is 10.3. The van der Waals surface area contributed by atoms with Gasteiger partial charge in [-0.05, 0) is 52.6 Å². The molecule has 234 valence electrons. The molecule has 50 heavy (non-hydrogen) atoms. The molecule has 3 heterocycles. The summed E-state index contributed by atoms with van der Waals surface area (Å²) in [6.45, 7) is 0. The average molecular weight is 642 g/mol. The first-order valence-corrected chi connectivity index (χ1v) is 16.6. The summed E-state index contributed by atoms with van der Waals surface area (Å²) in [5.74, 6) is 1.75. The normalized spacial score (nSPS) is 11.6. The summed E-state index contributed by atoms with van der Waals surface area (Å²) >= 11 is 0. The standard InChI is InChI=1S/C45H27N3O2/c1-3-11-28(12-4-1)29-21-23-31(24-22-29)44-46-43(30-13-5-2-6-14-30)47-45(48-44)37-18-9-17-36-41-33(16-10-20-39(41)50-42(36)37)32-25-26-35-34-15-7-8-19-38(34)49-40(35)27-32/h1-27H. The molecule has 5 heteroatoms. The minimum Gasteiger partial charge on any atom is -0.456 e. The van der Waals surface area contributed by atoms with Crippen molar-refractivity contribution in [3.63, 3.8) is 0 Å². The van der Waals surface area contributed by atoms with Crippen molar-refractivity contribution >= 4 is 43.9 Å². The van der Waals surface area contributed by atoms with E-state index in [4.69, 9.17) is 23.8 Å². The highest BCUT2D eigenvalue weighted by molar-refractivity contribution is 6.16. The molecule has 5 nitrogen and oxygen atoms in total. The van der Waals surface area contributed by atoms with Gasteiger partial charge in [-0.2, -0.15) is 0 Å². The third-order valence-corrected chi connectivity index (χ3v) is 9.37. The van der Waals surface area contributed by atoms with Crippen LogP contribution in [0, 0.1) is 0 Å². The SMILES string of the molecule is c1ccc(-c2ccc(-c3nc(-c4ccccc4)nc(-c4cccc5c4oc4cccc(-c6ccc7c(c6)oc6ccccc67)c45)n3)cc2)cc1. The van der Waals surface area contributed by atoms with Gasteiger partial charge in [0, 0.05) is 32.7 Å². The predicted molar refractivity (Wildman–Crippen MR) is 202 cm³/mol. The monoisotopic (exact) mass is 641 g/mol. The van der Waals surface area contributed by atoms with E-state index in [-0.39, 0.29) is 0 Å². The summed E-state index contributed by atoms with van der Waals surface area (Å²) in [6.07, 6.45) is 0. The largest absolute Gasteiger partial charge is 0.456 e. The second-order valence-corrected chi connectivity index (χ2v) is 12.4. The van der Waals surface area contributed by atoms with E-state index in [1.807, 2.05) is 78.9 Å². The summed E-state index contributed by atoms with van der Waals surface area (Å²) < 4.78 is 12.9. The van der Waals surface area contributed by atoms with Crippen molar-refractivity contribution in [2.24, 2.45) is 0 Å². The van der Waals surface area contributed by atoms with Gasteiger partial charge in [0.05, 0.1) is 5.56 Å². The van der Waals surface area contributed by atoms with Gasteiger partial charge in [-0.3, -0.25) is 0 Å². The van der Waals surface area contributed by atoms with Gasteiger partial charge < -0.3 is 8.83 Å². The molecular weight excluding hydrogens is 615 g/mol. The minimum atomic E-state index is 0.552. The smallest absolute Gasteiger partial charge is 0.167 e. The minimum absolute atomic E-state index is 0.552. The number of hydrogen-bond donors (Lipinski definition) is 0. The highest BCUT2D eigenvalue weighted by Crippen LogP contribution is 2.41. The fraction of sp³-hybridized carbons (Fsp3) is 0. The molecule has 0 fully saturated rings.